The van der Waals surface area contributed by atoms with Gasteiger partial charge in [-0.25, -0.2) is 0 Å². The van der Waals surface area contributed by atoms with E-state index in [1.807, 2.05) is 43.3 Å². The molecule has 0 bridgehead atoms. The van der Waals surface area contributed by atoms with Gasteiger partial charge < -0.3 is 4.98 Å². The maximum atomic E-state index is 13.0. The van der Waals surface area contributed by atoms with Gasteiger partial charge in [0.05, 0.1) is 11.1 Å². The van der Waals surface area contributed by atoms with Gasteiger partial charge in [0.15, 0.2) is 11.5 Å². The lowest BCUT2D eigenvalue weighted by Gasteiger charge is -2.17. The SMILES string of the molecule is CC1=C(C(=O)c2ccccc2)c2c([nH]c3ccc(C)cc23)OO1. The number of rotatable bonds is 2. The molecule has 0 spiro atoms. The number of allylic oxidation sites excluding steroid dienone is 2. The fourth-order valence-electron chi connectivity index (χ4n) is 2.92. The van der Waals surface area contributed by atoms with Crippen LogP contribution in [-0.2, 0) is 4.89 Å². The summed E-state index contributed by atoms with van der Waals surface area (Å²) in [5, 5.41) is 0.960. The summed E-state index contributed by atoms with van der Waals surface area (Å²) in [5.41, 5.74) is 3.96. The highest BCUT2D eigenvalue weighted by Gasteiger charge is 2.30. The number of hydrogen-bond donors (Lipinski definition) is 1. The molecule has 1 aliphatic rings. The van der Waals surface area contributed by atoms with E-state index in [0.717, 1.165) is 22.0 Å². The molecule has 4 nitrogen and oxygen atoms in total. The van der Waals surface area contributed by atoms with Crippen LogP contribution in [0, 0.1) is 6.92 Å². The lowest BCUT2D eigenvalue weighted by atomic mass is 9.94. The Kier molecular flexibility index (Phi) is 2.98. The Hall–Kier alpha value is -3.01. The molecule has 4 rings (SSSR count). The van der Waals surface area contributed by atoms with Gasteiger partial charge in [0.1, 0.15) is 0 Å². The first kappa shape index (κ1) is 13.6. The minimum Gasteiger partial charge on any atom is -0.321 e. The summed E-state index contributed by atoms with van der Waals surface area (Å²) < 4.78 is 0. The van der Waals surface area contributed by atoms with E-state index in [1.165, 1.54) is 0 Å². The van der Waals surface area contributed by atoms with Crippen molar-refractivity contribution in [3.8, 4) is 5.88 Å². The van der Waals surface area contributed by atoms with Crippen molar-refractivity contribution in [3.05, 3.63) is 71.0 Å². The van der Waals surface area contributed by atoms with E-state index in [1.54, 1.807) is 19.1 Å². The van der Waals surface area contributed by atoms with Crippen LogP contribution in [0.3, 0.4) is 0 Å². The Labute approximate surface area is 133 Å². The molecule has 23 heavy (non-hydrogen) atoms. The zero-order valence-electron chi connectivity index (χ0n) is 12.8. The van der Waals surface area contributed by atoms with Gasteiger partial charge in [-0.15, -0.1) is 0 Å². The smallest absolute Gasteiger partial charge is 0.257 e. The average Bonchev–Trinajstić information content (AvgIpc) is 2.93. The van der Waals surface area contributed by atoms with E-state index in [0.29, 0.717) is 22.8 Å². The number of benzene rings is 2. The molecular weight excluding hydrogens is 290 g/mol. The van der Waals surface area contributed by atoms with Gasteiger partial charge >= 0.3 is 0 Å². The van der Waals surface area contributed by atoms with Crippen LogP contribution in [0.5, 0.6) is 5.88 Å². The van der Waals surface area contributed by atoms with Crippen molar-refractivity contribution in [2.75, 3.05) is 0 Å². The summed E-state index contributed by atoms with van der Waals surface area (Å²) >= 11 is 0. The van der Waals surface area contributed by atoms with Crippen LogP contribution in [0.1, 0.15) is 28.4 Å². The number of H-pyrrole nitrogens is 1. The van der Waals surface area contributed by atoms with Crippen molar-refractivity contribution in [2.45, 2.75) is 13.8 Å². The molecule has 0 amide bonds. The molecule has 0 unspecified atom stereocenters. The van der Waals surface area contributed by atoms with Crippen LogP contribution in [-0.4, -0.2) is 10.8 Å². The molecule has 4 heteroatoms. The first-order chi connectivity index (χ1) is 11.1. The second kappa shape index (κ2) is 5.02. The molecular formula is C19H15NO3. The molecule has 1 aromatic heterocycles. The quantitative estimate of drug-likeness (QED) is 0.563. The van der Waals surface area contributed by atoms with E-state index < -0.39 is 0 Å². The number of aromatic amines is 1. The second-order valence-electron chi connectivity index (χ2n) is 5.67. The number of hydrogen-bond acceptors (Lipinski definition) is 3. The molecule has 2 heterocycles. The monoisotopic (exact) mass is 305 g/mol. The Morgan fingerprint density at radius 1 is 1.00 bits per heavy atom. The standard InChI is InChI=1S/C19H15NO3/c1-11-8-9-15-14(10-11)17-16(12(2)22-23-19(17)20-15)18(21)13-6-4-3-5-7-13/h3-10,20H,1-2H3. The number of aromatic nitrogens is 1. The van der Waals surface area contributed by atoms with Crippen LogP contribution < -0.4 is 4.89 Å². The maximum Gasteiger partial charge on any atom is 0.257 e. The van der Waals surface area contributed by atoms with E-state index in [2.05, 4.69) is 4.98 Å². The number of ketones is 1. The van der Waals surface area contributed by atoms with Gasteiger partial charge in [-0.05, 0) is 26.0 Å². The normalized spacial score (nSPS) is 13.5. The first-order valence-electron chi connectivity index (χ1n) is 7.43. The van der Waals surface area contributed by atoms with E-state index >= 15 is 0 Å². The Morgan fingerprint density at radius 2 is 1.78 bits per heavy atom. The highest BCUT2D eigenvalue weighted by molar-refractivity contribution is 6.32. The Balaban J connectivity index is 1.96. The summed E-state index contributed by atoms with van der Waals surface area (Å²) in [6.45, 7) is 3.77. The third kappa shape index (κ3) is 2.11. The van der Waals surface area contributed by atoms with E-state index in [-0.39, 0.29) is 5.78 Å². The number of carbonyl (C=O) groups is 1. The molecule has 0 saturated carbocycles. The summed E-state index contributed by atoms with van der Waals surface area (Å²) in [4.78, 5) is 26.7. The molecule has 1 N–H and O–H groups in total. The summed E-state index contributed by atoms with van der Waals surface area (Å²) in [6.07, 6.45) is 0. The zero-order valence-corrected chi connectivity index (χ0v) is 12.8. The minimum absolute atomic E-state index is 0.0740. The van der Waals surface area contributed by atoms with Crippen LogP contribution >= 0.6 is 0 Å². The first-order valence-corrected chi connectivity index (χ1v) is 7.43. The van der Waals surface area contributed by atoms with Crippen molar-refractivity contribution in [1.82, 2.24) is 4.98 Å². The fraction of sp³-hybridized carbons (Fsp3) is 0.105. The number of aryl methyl sites for hydroxylation is 1. The van der Waals surface area contributed by atoms with Crippen LogP contribution in [0.15, 0.2) is 54.3 Å². The number of nitrogens with one attached hydrogen (secondary N) is 1. The fourth-order valence-corrected chi connectivity index (χ4v) is 2.92. The molecule has 114 valence electrons. The second-order valence-corrected chi connectivity index (χ2v) is 5.67. The third-order valence-corrected chi connectivity index (χ3v) is 4.03. The van der Waals surface area contributed by atoms with Crippen molar-refractivity contribution < 1.29 is 14.6 Å². The summed E-state index contributed by atoms with van der Waals surface area (Å²) in [6, 6.07) is 15.2. The predicted molar refractivity (Wildman–Crippen MR) is 88.1 cm³/mol. The molecule has 0 aliphatic carbocycles. The van der Waals surface area contributed by atoms with Crippen LogP contribution in [0.25, 0.3) is 16.5 Å². The topological polar surface area (TPSA) is 51.3 Å². The zero-order chi connectivity index (χ0) is 16.0. The van der Waals surface area contributed by atoms with Gasteiger partial charge in [-0.2, -0.15) is 0 Å². The largest absolute Gasteiger partial charge is 0.321 e. The minimum atomic E-state index is -0.0740. The number of fused-ring (bicyclic) bond motifs is 3. The van der Waals surface area contributed by atoms with E-state index in [4.69, 9.17) is 9.78 Å². The van der Waals surface area contributed by atoms with Crippen LogP contribution in [0.2, 0.25) is 0 Å². The molecule has 0 radical (unpaired) electrons. The number of carbonyl (C=O) groups excluding carboxylic acids is 1. The third-order valence-electron chi connectivity index (χ3n) is 4.03. The van der Waals surface area contributed by atoms with Gasteiger partial charge in [0, 0.05) is 16.5 Å². The number of Topliss-reactive ketones (excluding diaryl/α,β-unsaturated/α-hetero) is 1. The van der Waals surface area contributed by atoms with Gasteiger partial charge in [0.25, 0.3) is 5.88 Å². The highest BCUT2D eigenvalue weighted by Crippen LogP contribution is 2.40. The Bertz CT molecular complexity index is 951. The average molecular weight is 305 g/mol. The molecule has 0 atom stereocenters. The molecule has 3 aromatic rings. The molecule has 2 aromatic carbocycles. The Morgan fingerprint density at radius 3 is 2.57 bits per heavy atom. The van der Waals surface area contributed by atoms with Crippen LogP contribution in [0.4, 0.5) is 0 Å². The van der Waals surface area contributed by atoms with Gasteiger partial charge in [0.2, 0.25) is 0 Å². The van der Waals surface area contributed by atoms with Gasteiger partial charge in [-0.3, -0.25) is 14.6 Å². The lowest BCUT2D eigenvalue weighted by Crippen LogP contribution is -2.13. The van der Waals surface area contributed by atoms with Crippen molar-refractivity contribution in [2.24, 2.45) is 0 Å². The van der Waals surface area contributed by atoms with Gasteiger partial charge in [-0.1, -0.05) is 42.0 Å². The predicted octanol–water partition coefficient (Wildman–Crippen LogP) is 4.41. The van der Waals surface area contributed by atoms with Crippen molar-refractivity contribution in [1.29, 1.82) is 0 Å². The lowest BCUT2D eigenvalue weighted by molar-refractivity contribution is -0.171. The molecule has 1 aliphatic heterocycles. The van der Waals surface area contributed by atoms with Crippen molar-refractivity contribution >= 4 is 22.3 Å². The molecule has 0 saturated heterocycles. The highest BCUT2D eigenvalue weighted by atomic mass is 17.2. The van der Waals surface area contributed by atoms with E-state index in [9.17, 15) is 4.79 Å². The summed E-state index contributed by atoms with van der Waals surface area (Å²) in [5.74, 6) is 0.860. The summed E-state index contributed by atoms with van der Waals surface area (Å²) in [7, 11) is 0. The molecule has 0 fully saturated rings. The van der Waals surface area contributed by atoms with Crippen molar-refractivity contribution in [3.63, 3.8) is 0 Å². The maximum absolute atomic E-state index is 13.0.